The number of sulfonamides is 1. The molecule has 0 aliphatic rings. The second kappa shape index (κ2) is 7.96. The van der Waals surface area contributed by atoms with E-state index in [-0.39, 0.29) is 12.5 Å². The molecule has 10 heteroatoms. The van der Waals surface area contributed by atoms with Crippen molar-refractivity contribution in [1.29, 1.82) is 0 Å². The molecule has 2 aromatic rings. The summed E-state index contributed by atoms with van der Waals surface area (Å²) in [5, 5.41) is 1.14. The number of hydrogen-bond acceptors (Lipinski definition) is 6. The van der Waals surface area contributed by atoms with Gasteiger partial charge in [-0.2, -0.15) is 4.31 Å². The zero-order valence-electron chi connectivity index (χ0n) is 14.6. The molecule has 1 aromatic heterocycles. The van der Waals surface area contributed by atoms with Crippen LogP contribution in [0.5, 0.6) is 0 Å². The van der Waals surface area contributed by atoms with Crippen molar-refractivity contribution in [3.05, 3.63) is 23.2 Å². The Balaban J connectivity index is 2.31. The minimum Gasteiger partial charge on any atom is -0.308 e. The fraction of sp³-hybridized carbons (Fsp3) is 0.467. The van der Waals surface area contributed by atoms with Crippen molar-refractivity contribution < 1.29 is 13.2 Å². The Morgan fingerprint density at radius 2 is 1.92 bits per heavy atom. The number of benzene rings is 1. The molecule has 0 unspecified atom stereocenters. The lowest BCUT2D eigenvalue weighted by Crippen LogP contribution is -2.43. The van der Waals surface area contributed by atoms with Crippen molar-refractivity contribution in [3.8, 4) is 0 Å². The second-order valence-electron chi connectivity index (χ2n) is 5.98. The van der Waals surface area contributed by atoms with Crippen molar-refractivity contribution >= 4 is 54.2 Å². The van der Waals surface area contributed by atoms with Gasteiger partial charge in [-0.05, 0) is 32.3 Å². The highest BCUT2D eigenvalue weighted by Crippen LogP contribution is 2.30. The lowest BCUT2D eigenvalue weighted by Gasteiger charge is -2.24. The molecule has 1 aromatic carbocycles. The van der Waals surface area contributed by atoms with Gasteiger partial charge in [-0.1, -0.05) is 22.9 Å². The first kappa shape index (κ1) is 20.1. The normalized spacial score (nSPS) is 12.3. The molecule has 0 saturated heterocycles. The number of rotatable bonds is 7. The Morgan fingerprint density at radius 1 is 1.24 bits per heavy atom. The molecule has 25 heavy (non-hydrogen) atoms. The monoisotopic (exact) mass is 404 g/mol. The van der Waals surface area contributed by atoms with Gasteiger partial charge in [0.1, 0.15) is 0 Å². The van der Waals surface area contributed by atoms with E-state index in [1.54, 1.807) is 18.2 Å². The van der Waals surface area contributed by atoms with E-state index in [0.29, 0.717) is 23.2 Å². The van der Waals surface area contributed by atoms with Crippen molar-refractivity contribution in [2.45, 2.75) is 0 Å². The van der Waals surface area contributed by atoms with Crippen LogP contribution in [0.3, 0.4) is 0 Å². The van der Waals surface area contributed by atoms with Crippen LogP contribution in [0.2, 0.25) is 5.02 Å². The molecule has 0 spiro atoms. The van der Waals surface area contributed by atoms with Gasteiger partial charge in [-0.3, -0.25) is 9.69 Å². The van der Waals surface area contributed by atoms with Crippen LogP contribution in [0.4, 0.5) is 5.13 Å². The fourth-order valence-electron chi connectivity index (χ4n) is 2.02. The van der Waals surface area contributed by atoms with E-state index >= 15 is 0 Å². The number of fused-ring (bicyclic) bond motifs is 1. The summed E-state index contributed by atoms with van der Waals surface area (Å²) in [6.45, 7) is 0.810. The molecule has 0 aliphatic carbocycles. The van der Waals surface area contributed by atoms with Crippen molar-refractivity contribution in [2.24, 2.45) is 0 Å². The van der Waals surface area contributed by atoms with E-state index in [1.165, 1.54) is 23.3 Å². The first-order chi connectivity index (χ1) is 11.6. The summed E-state index contributed by atoms with van der Waals surface area (Å²) in [5.74, 6) is -0.320. The summed E-state index contributed by atoms with van der Waals surface area (Å²) < 4.78 is 25.1. The molecule has 0 saturated carbocycles. The summed E-state index contributed by atoms with van der Waals surface area (Å²) in [6, 6.07) is 5.35. The minimum atomic E-state index is -3.43. The molecule has 1 amide bonds. The molecule has 0 aliphatic heterocycles. The van der Waals surface area contributed by atoms with E-state index in [2.05, 4.69) is 4.98 Å². The Labute approximate surface area is 156 Å². The highest BCUT2D eigenvalue weighted by atomic mass is 35.5. The average Bonchev–Trinajstić information content (AvgIpc) is 2.88. The SMILES string of the molecule is CN(C)CCN(C(=O)CN(C)S(C)(=O)=O)c1nc2ccc(Cl)cc2s1. The van der Waals surface area contributed by atoms with Crippen molar-refractivity contribution in [2.75, 3.05) is 51.9 Å². The maximum Gasteiger partial charge on any atom is 0.244 e. The smallest absolute Gasteiger partial charge is 0.244 e. The molecular formula is C15H21ClN4O3S2. The van der Waals surface area contributed by atoms with Gasteiger partial charge in [-0.25, -0.2) is 13.4 Å². The maximum atomic E-state index is 12.7. The van der Waals surface area contributed by atoms with Gasteiger partial charge in [0, 0.05) is 25.2 Å². The molecule has 138 valence electrons. The molecule has 0 bridgehead atoms. The Morgan fingerprint density at radius 3 is 2.52 bits per heavy atom. The molecule has 0 radical (unpaired) electrons. The number of anilines is 1. The van der Waals surface area contributed by atoms with Crippen LogP contribution in [0.25, 0.3) is 10.2 Å². The number of nitrogens with zero attached hydrogens (tertiary/aromatic N) is 4. The largest absolute Gasteiger partial charge is 0.308 e. The standard InChI is InChI=1S/C15H21ClN4O3S2/c1-18(2)7-8-20(14(21)10-19(3)25(4,22)23)15-17-12-6-5-11(16)9-13(12)24-15/h5-6,9H,7-8,10H2,1-4H3. The summed E-state index contributed by atoms with van der Waals surface area (Å²) in [6.07, 6.45) is 1.07. The number of aromatic nitrogens is 1. The molecule has 0 N–H and O–H groups in total. The molecule has 0 atom stereocenters. The molecular weight excluding hydrogens is 384 g/mol. The maximum absolute atomic E-state index is 12.7. The van der Waals surface area contributed by atoms with Crippen LogP contribution in [0.15, 0.2) is 18.2 Å². The van der Waals surface area contributed by atoms with Crippen LogP contribution >= 0.6 is 22.9 Å². The van der Waals surface area contributed by atoms with E-state index in [0.717, 1.165) is 20.8 Å². The fourth-order valence-corrected chi connectivity index (χ4v) is 3.65. The van der Waals surface area contributed by atoms with Crippen LogP contribution in [0, 0.1) is 0 Å². The first-order valence-electron chi connectivity index (χ1n) is 7.50. The van der Waals surface area contributed by atoms with Crippen LogP contribution in [-0.4, -0.2) is 75.5 Å². The zero-order chi connectivity index (χ0) is 18.8. The first-order valence-corrected chi connectivity index (χ1v) is 10.5. The third kappa shape index (κ3) is 5.35. The zero-order valence-corrected chi connectivity index (χ0v) is 17.0. The quantitative estimate of drug-likeness (QED) is 0.702. The minimum absolute atomic E-state index is 0.233. The number of amides is 1. The predicted molar refractivity (Wildman–Crippen MR) is 103 cm³/mol. The second-order valence-corrected chi connectivity index (χ2v) is 9.51. The molecule has 0 fully saturated rings. The highest BCUT2D eigenvalue weighted by molar-refractivity contribution is 7.88. The number of carbonyl (C=O) groups is 1. The number of carbonyl (C=O) groups excluding carboxylic acids is 1. The van der Waals surface area contributed by atoms with Gasteiger partial charge in [0.25, 0.3) is 0 Å². The lowest BCUT2D eigenvalue weighted by atomic mass is 10.3. The molecule has 1 heterocycles. The van der Waals surface area contributed by atoms with E-state index < -0.39 is 10.0 Å². The van der Waals surface area contributed by atoms with Gasteiger partial charge in [0.2, 0.25) is 15.9 Å². The molecule has 2 rings (SSSR count). The van der Waals surface area contributed by atoms with E-state index in [1.807, 2.05) is 19.0 Å². The van der Waals surface area contributed by atoms with Gasteiger partial charge >= 0.3 is 0 Å². The number of thiazole rings is 1. The molecule has 7 nitrogen and oxygen atoms in total. The third-order valence-corrected chi connectivity index (χ3v) is 6.10. The topological polar surface area (TPSA) is 73.8 Å². The summed E-state index contributed by atoms with van der Waals surface area (Å²) in [7, 11) is 1.76. The number of hydrogen-bond donors (Lipinski definition) is 0. The van der Waals surface area contributed by atoms with Crippen molar-refractivity contribution in [3.63, 3.8) is 0 Å². The Kier molecular flexibility index (Phi) is 6.39. The summed E-state index contributed by atoms with van der Waals surface area (Å²) >= 11 is 7.37. The number of likely N-dealkylation sites (N-methyl/N-ethyl adjacent to an activating group) is 2. The number of halogens is 1. The van der Waals surface area contributed by atoms with Gasteiger partial charge < -0.3 is 4.90 Å². The van der Waals surface area contributed by atoms with Crippen LogP contribution in [-0.2, 0) is 14.8 Å². The lowest BCUT2D eigenvalue weighted by molar-refractivity contribution is -0.118. The van der Waals surface area contributed by atoms with Gasteiger partial charge in [0.05, 0.1) is 23.0 Å². The summed E-state index contributed by atoms with van der Waals surface area (Å²) in [5.41, 5.74) is 0.753. The summed E-state index contributed by atoms with van der Waals surface area (Å²) in [4.78, 5) is 20.7. The Hall–Kier alpha value is -1.26. The predicted octanol–water partition coefficient (Wildman–Crippen LogP) is 1.74. The Bertz CT molecular complexity index is 867. The average molecular weight is 405 g/mol. The van der Waals surface area contributed by atoms with Crippen LogP contribution < -0.4 is 4.90 Å². The van der Waals surface area contributed by atoms with Gasteiger partial charge in [0.15, 0.2) is 5.13 Å². The van der Waals surface area contributed by atoms with Crippen molar-refractivity contribution in [1.82, 2.24) is 14.2 Å². The van der Waals surface area contributed by atoms with Crippen LogP contribution in [0.1, 0.15) is 0 Å². The van der Waals surface area contributed by atoms with E-state index in [9.17, 15) is 13.2 Å². The third-order valence-electron chi connectivity index (χ3n) is 3.57. The van der Waals surface area contributed by atoms with E-state index in [4.69, 9.17) is 11.6 Å². The van der Waals surface area contributed by atoms with Gasteiger partial charge in [-0.15, -0.1) is 0 Å². The highest BCUT2D eigenvalue weighted by Gasteiger charge is 2.24.